The fourth-order valence-electron chi connectivity index (χ4n) is 3.06. The van der Waals surface area contributed by atoms with Crippen molar-refractivity contribution in [1.29, 1.82) is 0 Å². The number of nitrogens with one attached hydrogen (secondary N) is 1. The molecule has 2 aliphatic rings. The van der Waals surface area contributed by atoms with Gasteiger partial charge in [-0.15, -0.1) is 0 Å². The van der Waals surface area contributed by atoms with E-state index in [9.17, 15) is 0 Å². The summed E-state index contributed by atoms with van der Waals surface area (Å²) < 4.78 is 0. The molecule has 2 aromatic rings. The number of hydrogen-bond donors (Lipinski definition) is 1. The van der Waals surface area contributed by atoms with Crippen LogP contribution in [0.5, 0.6) is 0 Å². The molecule has 2 heterocycles. The molecule has 0 saturated carbocycles. The van der Waals surface area contributed by atoms with Crippen LogP contribution < -0.4 is 0 Å². The maximum atomic E-state index is 6.27. The van der Waals surface area contributed by atoms with E-state index >= 15 is 0 Å². The predicted molar refractivity (Wildman–Crippen MR) is 83.4 cm³/mol. The molecule has 20 heavy (non-hydrogen) atoms. The molecule has 1 aliphatic carbocycles. The van der Waals surface area contributed by atoms with Crippen LogP contribution in [0.2, 0.25) is 0 Å². The van der Waals surface area contributed by atoms with Crippen molar-refractivity contribution < 1.29 is 0 Å². The molecule has 1 unspecified atom stereocenters. The van der Waals surface area contributed by atoms with Gasteiger partial charge in [0, 0.05) is 47.3 Å². The fraction of sp³-hybridized carbons (Fsp3) is 0.176. The summed E-state index contributed by atoms with van der Waals surface area (Å²) in [5, 5.41) is 2.18. The van der Waals surface area contributed by atoms with E-state index in [1.165, 1.54) is 22.0 Å². The summed E-state index contributed by atoms with van der Waals surface area (Å²) in [5.74, 6) is 0.442. The van der Waals surface area contributed by atoms with Gasteiger partial charge >= 0.3 is 0 Å². The molecule has 100 valence electrons. The molecule has 0 amide bonds. The van der Waals surface area contributed by atoms with Crippen molar-refractivity contribution in [3.8, 4) is 0 Å². The Morgan fingerprint density at radius 2 is 2.20 bits per heavy atom. The number of hydrogen-bond acceptors (Lipinski definition) is 1. The minimum Gasteiger partial charge on any atom is -0.372 e. The number of nitrogens with zero attached hydrogens (tertiary/aromatic N) is 1. The number of fused-ring (bicyclic) bond motifs is 2. The van der Waals surface area contributed by atoms with Gasteiger partial charge in [-0.25, -0.2) is 0 Å². The van der Waals surface area contributed by atoms with E-state index in [-0.39, 0.29) is 0 Å². The predicted octanol–water partition coefficient (Wildman–Crippen LogP) is 4.18. The highest BCUT2D eigenvalue weighted by Crippen LogP contribution is 2.34. The fourth-order valence-corrected chi connectivity index (χ4v) is 3.32. The van der Waals surface area contributed by atoms with Crippen LogP contribution >= 0.6 is 11.6 Å². The molecule has 0 bridgehead atoms. The van der Waals surface area contributed by atoms with Crippen LogP contribution in [0.25, 0.3) is 10.9 Å². The molecule has 1 atom stereocenters. The summed E-state index contributed by atoms with van der Waals surface area (Å²) in [7, 11) is 0. The van der Waals surface area contributed by atoms with Crippen LogP contribution in [-0.4, -0.2) is 16.4 Å². The Hall–Kier alpha value is -1.93. The maximum absolute atomic E-state index is 6.27. The van der Waals surface area contributed by atoms with E-state index in [1.54, 1.807) is 0 Å². The van der Waals surface area contributed by atoms with Gasteiger partial charge in [0.05, 0.1) is 0 Å². The summed E-state index contributed by atoms with van der Waals surface area (Å²) in [5.41, 5.74) is 3.78. The molecular weight excluding hydrogens is 268 g/mol. The van der Waals surface area contributed by atoms with Crippen molar-refractivity contribution in [3.63, 3.8) is 0 Å². The third-order valence-corrected chi connectivity index (χ3v) is 4.41. The summed E-state index contributed by atoms with van der Waals surface area (Å²) in [4.78, 5) is 5.68. The van der Waals surface area contributed by atoms with Gasteiger partial charge in [0.2, 0.25) is 0 Å². The molecule has 1 N–H and O–H groups in total. The second kappa shape index (κ2) is 4.57. The molecule has 0 saturated heterocycles. The largest absolute Gasteiger partial charge is 0.372 e. The Labute approximate surface area is 123 Å². The van der Waals surface area contributed by atoms with Gasteiger partial charge in [-0.2, -0.15) is 0 Å². The van der Waals surface area contributed by atoms with Crippen molar-refractivity contribution in [3.05, 3.63) is 71.1 Å². The molecule has 4 rings (SSSR count). The summed E-state index contributed by atoms with van der Waals surface area (Å²) in [6.45, 7) is 1.93. The highest BCUT2D eigenvalue weighted by Gasteiger charge is 2.26. The van der Waals surface area contributed by atoms with Crippen molar-refractivity contribution in [2.75, 3.05) is 6.54 Å². The number of para-hydroxylation sites is 1. The number of H-pyrrole nitrogens is 1. The van der Waals surface area contributed by atoms with E-state index < -0.39 is 0 Å². The SMILES string of the molecule is ClC1=CC=CC2CN(Cc3c[nH]c4ccccc34)C=C12. The molecule has 2 nitrogen and oxygen atoms in total. The van der Waals surface area contributed by atoms with E-state index in [0.717, 1.165) is 18.1 Å². The Morgan fingerprint density at radius 3 is 3.10 bits per heavy atom. The average Bonchev–Trinajstić information content (AvgIpc) is 3.05. The summed E-state index contributed by atoms with van der Waals surface area (Å²) in [6.07, 6.45) is 10.6. The number of allylic oxidation sites excluding steroid dienone is 3. The second-order valence-corrected chi connectivity index (χ2v) is 5.79. The minimum absolute atomic E-state index is 0.442. The van der Waals surface area contributed by atoms with Crippen molar-refractivity contribution in [2.45, 2.75) is 6.54 Å². The summed E-state index contributed by atoms with van der Waals surface area (Å²) in [6, 6.07) is 8.43. The lowest BCUT2D eigenvalue weighted by molar-refractivity contribution is 0.381. The molecule has 0 fully saturated rings. The Morgan fingerprint density at radius 1 is 1.30 bits per heavy atom. The molecular formula is C17H15ClN2. The average molecular weight is 283 g/mol. The van der Waals surface area contributed by atoms with E-state index in [0.29, 0.717) is 5.92 Å². The van der Waals surface area contributed by atoms with Crippen LogP contribution in [0, 0.1) is 5.92 Å². The molecule has 1 aliphatic heterocycles. The van der Waals surface area contributed by atoms with Gasteiger partial charge in [-0.1, -0.05) is 42.0 Å². The first-order chi connectivity index (χ1) is 9.81. The van der Waals surface area contributed by atoms with Gasteiger partial charge in [0.25, 0.3) is 0 Å². The Kier molecular flexibility index (Phi) is 2.71. The van der Waals surface area contributed by atoms with Gasteiger partial charge in [-0.3, -0.25) is 0 Å². The first-order valence-electron chi connectivity index (χ1n) is 6.86. The van der Waals surface area contributed by atoms with E-state index in [1.807, 2.05) is 6.08 Å². The number of halogens is 1. The smallest absolute Gasteiger partial charge is 0.0459 e. The van der Waals surface area contributed by atoms with Crippen LogP contribution in [-0.2, 0) is 6.54 Å². The van der Waals surface area contributed by atoms with Gasteiger partial charge < -0.3 is 9.88 Å². The van der Waals surface area contributed by atoms with Gasteiger partial charge in [0.1, 0.15) is 0 Å². The third kappa shape index (κ3) is 1.88. The monoisotopic (exact) mass is 282 g/mol. The highest BCUT2D eigenvalue weighted by molar-refractivity contribution is 6.32. The highest BCUT2D eigenvalue weighted by atomic mass is 35.5. The second-order valence-electron chi connectivity index (χ2n) is 5.38. The van der Waals surface area contributed by atoms with Crippen molar-refractivity contribution in [1.82, 2.24) is 9.88 Å². The normalized spacial score (nSPS) is 21.1. The zero-order valence-electron chi connectivity index (χ0n) is 11.0. The summed E-state index contributed by atoms with van der Waals surface area (Å²) >= 11 is 6.27. The maximum Gasteiger partial charge on any atom is 0.0459 e. The Bertz CT molecular complexity index is 751. The minimum atomic E-state index is 0.442. The van der Waals surface area contributed by atoms with E-state index in [2.05, 4.69) is 58.7 Å². The molecule has 3 heteroatoms. The number of benzene rings is 1. The number of rotatable bonds is 2. The van der Waals surface area contributed by atoms with Gasteiger partial charge in [0.15, 0.2) is 0 Å². The standard InChI is InChI=1S/C17H15ClN2/c18-16-6-3-4-12-9-20(11-15(12)16)10-13-8-19-17-7-2-1-5-14(13)17/h1-8,11-12,19H,9-10H2. The van der Waals surface area contributed by atoms with Crippen molar-refractivity contribution in [2.24, 2.45) is 5.92 Å². The molecule has 1 aromatic carbocycles. The number of aromatic nitrogens is 1. The van der Waals surface area contributed by atoms with Crippen molar-refractivity contribution >= 4 is 22.5 Å². The first kappa shape index (κ1) is 11.9. The quantitative estimate of drug-likeness (QED) is 0.876. The first-order valence-corrected chi connectivity index (χ1v) is 7.24. The lowest BCUT2D eigenvalue weighted by atomic mass is 9.98. The molecule has 0 spiro atoms. The molecule has 1 aromatic heterocycles. The van der Waals surface area contributed by atoms with E-state index in [4.69, 9.17) is 11.6 Å². The van der Waals surface area contributed by atoms with Crippen LogP contribution in [0.1, 0.15) is 5.56 Å². The third-order valence-electron chi connectivity index (χ3n) is 4.06. The lowest BCUT2D eigenvalue weighted by Gasteiger charge is -2.17. The number of aromatic amines is 1. The van der Waals surface area contributed by atoms with Crippen LogP contribution in [0.15, 0.2) is 65.5 Å². The molecule has 0 radical (unpaired) electrons. The lowest BCUT2D eigenvalue weighted by Crippen LogP contribution is -2.17. The van der Waals surface area contributed by atoms with Crippen LogP contribution in [0.4, 0.5) is 0 Å². The topological polar surface area (TPSA) is 19.0 Å². The van der Waals surface area contributed by atoms with Crippen LogP contribution in [0.3, 0.4) is 0 Å². The zero-order chi connectivity index (χ0) is 13.5. The Balaban J connectivity index is 1.62. The van der Waals surface area contributed by atoms with Gasteiger partial charge in [-0.05, 0) is 23.3 Å². The zero-order valence-corrected chi connectivity index (χ0v) is 11.8.